The minimum atomic E-state index is -0.395. The van der Waals surface area contributed by atoms with Gasteiger partial charge in [0.2, 0.25) is 0 Å². The SMILES string of the molecule is CCC(=O)c1ccc(NCc2ccc(OC)c(F)c2)nc1. The van der Waals surface area contributed by atoms with Crippen LogP contribution >= 0.6 is 0 Å². The number of nitrogens with one attached hydrogen (secondary N) is 1. The highest BCUT2D eigenvalue weighted by Gasteiger charge is 2.05. The molecule has 0 saturated heterocycles. The number of hydrogen-bond acceptors (Lipinski definition) is 4. The van der Waals surface area contributed by atoms with Crippen LogP contribution in [-0.2, 0) is 6.54 Å². The number of carbonyl (C=O) groups excluding carboxylic acids is 1. The molecular formula is C16H17FN2O2. The summed E-state index contributed by atoms with van der Waals surface area (Å²) in [5.74, 6) is 0.526. The second-order valence-corrected chi connectivity index (χ2v) is 4.53. The second-order valence-electron chi connectivity index (χ2n) is 4.53. The fraction of sp³-hybridized carbons (Fsp3) is 0.250. The Labute approximate surface area is 123 Å². The first-order valence-corrected chi connectivity index (χ1v) is 6.69. The van der Waals surface area contributed by atoms with Crippen LogP contribution in [0.3, 0.4) is 0 Å². The zero-order valence-electron chi connectivity index (χ0n) is 12.0. The quantitative estimate of drug-likeness (QED) is 0.827. The zero-order chi connectivity index (χ0) is 15.2. The number of hydrogen-bond donors (Lipinski definition) is 1. The van der Waals surface area contributed by atoms with Crippen LogP contribution in [-0.4, -0.2) is 17.9 Å². The van der Waals surface area contributed by atoms with Crippen LogP contribution in [0.15, 0.2) is 36.5 Å². The number of benzene rings is 1. The van der Waals surface area contributed by atoms with Gasteiger partial charge in [-0.3, -0.25) is 4.79 Å². The molecule has 0 bridgehead atoms. The Morgan fingerprint density at radius 3 is 2.71 bits per heavy atom. The average Bonchev–Trinajstić information content (AvgIpc) is 2.52. The largest absolute Gasteiger partial charge is 0.494 e. The van der Waals surface area contributed by atoms with Crippen LogP contribution in [0.4, 0.5) is 10.2 Å². The lowest BCUT2D eigenvalue weighted by molar-refractivity contribution is 0.0988. The molecule has 0 fully saturated rings. The van der Waals surface area contributed by atoms with E-state index in [2.05, 4.69) is 10.3 Å². The highest BCUT2D eigenvalue weighted by atomic mass is 19.1. The molecule has 2 rings (SSSR count). The number of carbonyl (C=O) groups is 1. The maximum atomic E-state index is 13.6. The number of rotatable bonds is 6. The fourth-order valence-electron chi connectivity index (χ4n) is 1.88. The summed E-state index contributed by atoms with van der Waals surface area (Å²) in [6.45, 7) is 2.25. The molecule has 0 aliphatic carbocycles. The molecule has 0 spiro atoms. The summed E-state index contributed by atoms with van der Waals surface area (Å²) in [5, 5.41) is 3.08. The molecular weight excluding hydrogens is 271 g/mol. The first kappa shape index (κ1) is 15.0. The van der Waals surface area contributed by atoms with Crippen molar-refractivity contribution < 1.29 is 13.9 Å². The predicted octanol–water partition coefficient (Wildman–Crippen LogP) is 3.43. The van der Waals surface area contributed by atoms with Crippen LogP contribution in [0.25, 0.3) is 0 Å². The van der Waals surface area contributed by atoms with Crippen LogP contribution in [0, 0.1) is 5.82 Å². The lowest BCUT2D eigenvalue weighted by Crippen LogP contribution is -2.03. The van der Waals surface area contributed by atoms with E-state index in [1.54, 1.807) is 30.5 Å². The Morgan fingerprint density at radius 2 is 2.14 bits per heavy atom. The van der Waals surface area contributed by atoms with E-state index >= 15 is 0 Å². The van der Waals surface area contributed by atoms with Gasteiger partial charge in [-0.1, -0.05) is 13.0 Å². The summed E-state index contributed by atoms with van der Waals surface area (Å²) in [6.07, 6.45) is 2.00. The van der Waals surface area contributed by atoms with Gasteiger partial charge in [0.25, 0.3) is 0 Å². The smallest absolute Gasteiger partial charge is 0.165 e. The highest BCUT2D eigenvalue weighted by molar-refractivity contribution is 5.95. The van der Waals surface area contributed by atoms with Gasteiger partial charge >= 0.3 is 0 Å². The van der Waals surface area contributed by atoms with Gasteiger partial charge in [0.05, 0.1) is 7.11 Å². The van der Waals surface area contributed by atoms with Crippen molar-refractivity contribution in [3.05, 3.63) is 53.5 Å². The first-order valence-electron chi connectivity index (χ1n) is 6.69. The van der Waals surface area contributed by atoms with Crippen molar-refractivity contribution in [3.63, 3.8) is 0 Å². The van der Waals surface area contributed by atoms with E-state index in [-0.39, 0.29) is 11.5 Å². The van der Waals surface area contributed by atoms with Gasteiger partial charge in [0, 0.05) is 24.7 Å². The molecule has 0 aliphatic rings. The van der Waals surface area contributed by atoms with Crippen molar-refractivity contribution in [1.29, 1.82) is 0 Å². The van der Waals surface area contributed by atoms with Gasteiger partial charge in [-0.25, -0.2) is 9.37 Å². The summed E-state index contributed by atoms with van der Waals surface area (Å²) in [5.41, 5.74) is 1.38. The number of pyridine rings is 1. The van der Waals surface area contributed by atoms with Crippen molar-refractivity contribution in [2.45, 2.75) is 19.9 Å². The Morgan fingerprint density at radius 1 is 1.33 bits per heavy atom. The van der Waals surface area contributed by atoms with Crippen LogP contribution in [0.2, 0.25) is 0 Å². The van der Waals surface area contributed by atoms with Crippen LogP contribution in [0.5, 0.6) is 5.75 Å². The number of anilines is 1. The predicted molar refractivity (Wildman–Crippen MR) is 79.1 cm³/mol. The number of ketones is 1. The molecule has 5 heteroatoms. The summed E-state index contributed by atoms with van der Waals surface area (Å²) in [4.78, 5) is 15.7. The van der Waals surface area contributed by atoms with Crippen molar-refractivity contribution in [2.24, 2.45) is 0 Å². The monoisotopic (exact) mass is 288 g/mol. The van der Waals surface area contributed by atoms with E-state index in [1.807, 2.05) is 6.92 Å². The number of nitrogens with zero attached hydrogens (tertiary/aromatic N) is 1. The summed E-state index contributed by atoms with van der Waals surface area (Å²) < 4.78 is 18.4. The van der Waals surface area contributed by atoms with Gasteiger partial charge in [-0.05, 0) is 29.8 Å². The van der Waals surface area contributed by atoms with Gasteiger partial charge in [0.1, 0.15) is 5.82 Å². The number of methoxy groups -OCH3 is 1. The van der Waals surface area contributed by atoms with Gasteiger partial charge in [-0.15, -0.1) is 0 Å². The maximum absolute atomic E-state index is 13.6. The van der Waals surface area contributed by atoms with Gasteiger partial charge in [-0.2, -0.15) is 0 Å². The molecule has 0 unspecified atom stereocenters. The van der Waals surface area contributed by atoms with Crippen molar-refractivity contribution in [1.82, 2.24) is 4.98 Å². The Bertz CT molecular complexity index is 627. The van der Waals surface area contributed by atoms with E-state index in [0.29, 0.717) is 24.3 Å². The van der Waals surface area contributed by atoms with E-state index in [9.17, 15) is 9.18 Å². The molecule has 1 N–H and O–H groups in total. The van der Waals surface area contributed by atoms with E-state index in [4.69, 9.17) is 4.74 Å². The lowest BCUT2D eigenvalue weighted by Gasteiger charge is -2.08. The fourth-order valence-corrected chi connectivity index (χ4v) is 1.88. The zero-order valence-corrected chi connectivity index (χ0v) is 12.0. The molecule has 0 aliphatic heterocycles. The maximum Gasteiger partial charge on any atom is 0.165 e. The molecule has 0 atom stereocenters. The summed E-state index contributed by atoms with van der Waals surface area (Å²) >= 11 is 0. The number of halogens is 1. The summed E-state index contributed by atoms with van der Waals surface area (Å²) in [7, 11) is 1.43. The Balaban J connectivity index is 1.99. The van der Waals surface area contributed by atoms with Crippen molar-refractivity contribution in [2.75, 3.05) is 12.4 Å². The molecule has 0 radical (unpaired) electrons. The van der Waals surface area contributed by atoms with E-state index < -0.39 is 5.82 Å². The molecule has 0 amide bonds. The van der Waals surface area contributed by atoms with Gasteiger partial charge in [0.15, 0.2) is 17.3 Å². The number of ether oxygens (including phenoxy) is 1. The normalized spacial score (nSPS) is 10.2. The molecule has 1 aromatic carbocycles. The molecule has 21 heavy (non-hydrogen) atoms. The van der Waals surface area contributed by atoms with Crippen LogP contribution in [0.1, 0.15) is 29.3 Å². The number of Topliss-reactive ketones (excluding diaryl/α,β-unsaturated/α-hetero) is 1. The first-order chi connectivity index (χ1) is 10.1. The van der Waals surface area contributed by atoms with Crippen molar-refractivity contribution in [3.8, 4) is 5.75 Å². The minimum absolute atomic E-state index is 0.0614. The highest BCUT2D eigenvalue weighted by Crippen LogP contribution is 2.18. The third kappa shape index (κ3) is 3.78. The molecule has 0 saturated carbocycles. The summed E-state index contributed by atoms with van der Waals surface area (Å²) in [6, 6.07) is 8.26. The van der Waals surface area contributed by atoms with Crippen molar-refractivity contribution >= 4 is 11.6 Å². The molecule has 1 heterocycles. The second kappa shape index (κ2) is 6.83. The molecule has 110 valence electrons. The Kier molecular flexibility index (Phi) is 4.87. The van der Waals surface area contributed by atoms with E-state index in [1.165, 1.54) is 13.2 Å². The lowest BCUT2D eigenvalue weighted by atomic mass is 10.1. The molecule has 4 nitrogen and oxygen atoms in total. The minimum Gasteiger partial charge on any atom is -0.494 e. The standard InChI is InChI=1S/C16H17FN2O2/c1-3-14(20)12-5-7-16(19-10-12)18-9-11-4-6-15(21-2)13(17)8-11/h4-8,10H,3,9H2,1-2H3,(H,18,19). The molecule has 1 aromatic heterocycles. The van der Waals surface area contributed by atoms with Crippen LogP contribution < -0.4 is 10.1 Å². The molecule has 2 aromatic rings. The topological polar surface area (TPSA) is 51.2 Å². The Hall–Kier alpha value is -2.43. The third-order valence-electron chi connectivity index (χ3n) is 3.10. The van der Waals surface area contributed by atoms with E-state index in [0.717, 1.165) is 5.56 Å². The number of aromatic nitrogens is 1. The average molecular weight is 288 g/mol. The third-order valence-corrected chi connectivity index (χ3v) is 3.10. The van der Waals surface area contributed by atoms with Gasteiger partial charge < -0.3 is 10.1 Å².